The molecule has 0 radical (unpaired) electrons. The van der Waals surface area contributed by atoms with Crippen LogP contribution < -0.4 is 4.74 Å². The first-order chi connectivity index (χ1) is 11.7. The lowest BCUT2D eigenvalue weighted by atomic mass is 9.84. The van der Waals surface area contributed by atoms with Gasteiger partial charge in [-0.1, -0.05) is 0 Å². The first kappa shape index (κ1) is 15.1. The smallest absolute Gasteiger partial charge is 0.257 e. The van der Waals surface area contributed by atoms with E-state index in [1.54, 1.807) is 11.0 Å². The molecule has 2 aromatic heterocycles. The molecule has 24 heavy (non-hydrogen) atoms. The summed E-state index contributed by atoms with van der Waals surface area (Å²) in [6, 6.07) is 4.50. The molecule has 7 heteroatoms. The van der Waals surface area contributed by atoms with Crippen LogP contribution in [0.25, 0.3) is 0 Å². The fourth-order valence-corrected chi connectivity index (χ4v) is 3.28. The first-order valence-electron chi connectivity index (χ1n) is 7.88. The summed E-state index contributed by atoms with van der Waals surface area (Å²) in [5.41, 5.74) is 0.122. The largest absolute Gasteiger partial charge is 0.472 e. The predicted octanol–water partition coefficient (Wildman–Crippen LogP) is 2.27. The maximum absolute atomic E-state index is 13.7. The number of hydrogen-bond donors (Lipinski definition) is 0. The Labute approximate surface area is 138 Å². The van der Waals surface area contributed by atoms with E-state index in [2.05, 4.69) is 4.98 Å². The molecule has 1 atom stereocenters. The van der Waals surface area contributed by atoms with E-state index in [1.807, 2.05) is 0 Å². The average molecular weight is 332 g/mol. The second kappa shape index (κ2) is 5.90. The van der Waals surface area contributed by atoms with Gasteiger partial charge in [0.2, 0.25) is 0 Å². The van der Waals surface area contributed by atoms with Crippen molar-refractivity contribution in [3.8, 4) is 5.88 Å². The number of aromatic nitrogens is 1. The summed E-state index contributed by atoms with van der Waals surface area (Å²) in [4.78, 5) is 17.9. The third-order valence-corrected chi connectivity index (χ3v) is 4.46. The van der Waals surface area contributed by atoms with E-state index < -0.39 is 11.4 Å². The van der Waals surface area contributed by atoms with Crippen molar-refractivity contribution in [2.45, 2.75) is 24.5 Å². The molecule has 0 aliphatic carbocycles. The maximum Gasteiger partial charge on any atom is 0.257 e. The lowest BCUT2D eigenvalue weighted by Crippen LogP contribution is -2.67. The van der Waals surface area contributed by atoms with Gasteiger partial charge in [-0.2, -0.15) is 0 Å². The molecule has 2 saturated heterocycles. The van der Waals surface area contributed by atoms with Crippen LogP contribution in [0.2, 0.25) is 0 Å². The summed E-state index contributed by atoms with van der Waals surface area (Å²) in [5.74, 6) is -0.523. The fraction of sp³-hybridized carbons (Fsp3) is 0.412. The van der Waals surface area contributed by atoms with Gasteiger partial charge in [0.05, 0.1) is 31.5 Å². The molecule has 126 valence electrons. The summed E-state index contributed by atoms with van der Waals surface area (Å²) in [6.07, 6.45) is 5.53. The standard InChI is InChI=1S/C17H17FN2O4/c18-14-2-1-5-19-15(14)24-13-4-7-23-17(8-13)10-20(11-17)16(21)12-3-6-22-9-12/h1-3,5-6,9,13H,4,7-8,10-11H2. The van der Waals surface area contributed by atoms with Gasteiger partial charge in [0, 0.05) is 19.0 Å². The molecule has 2 aliphatic rings. The van der Waals surface area contributed by atoms with Crippen LogP contribution in [0.1, 0.15) is 23.2 Å². The Morgan fingerprint density at radius 2 is 2.29 bits per heavy atom. The van der Waals surface area contributed by atoms with Gasteiger partial charge < -0.3 is 18.8 Å². The summed E-state index contributed by atoms with van der Waals surface area (Å²) < 4.78 is 30.2. The summed E-state index contributed by atoms with van der Waals surface area (Å²) >= 11 is 0. The van der Waals surface area contributed by atoms with Gasteiger partial charge in [-0.3, -0.25) is 4.79 Å². The minimum atomic E-state index is -0.469. The van der Waals surface area contributed by atoms with Crippen LogP contribution >= 0.6 is 0 Å². The van der Waals surface area contributed by atoms with Crippen LogP contribution in [-0.2, 0) is 4.74 Å². The highest BCUT2D eigenvalue weighted by Crippen LogP contribution is 2.36. The van der Waals surface area contributed by atoms with E-state index in [1.165, 1.54) is 30.9 Å². The van der Waals surface area contributed by atoms with E-state index in [0.29, 0.717) is 38.1 Å². The number of amides is 1. The molecule has 0 aromatic carbocycles. The molecule has 4 heterocycles. The highest BCUT2D eigenvalue weighted by Gasteiger charge is 2.50. The number of hydrogen-bond acceptors (Lipinski definition) is 5. The van der Waals surface area contributed by atoms with Crippen LogP contribution in [0.5, 0.6) is 5.88 Å². The third kappa shape index (κ3) is 2.75. The molecule has 0 bridgehead atoms. The zero-order valence-corrected chi connectivity index (χ0v) is 13.0. The molecule has 1 spiro atoms. The van der Waals surface area contributed by atoms with Gasteiger partial charge in [-0.05, 0) is 18.2 Å². The highest BCUT2D eigenvalue weighted by molar-refractivity contribution is 5.94. The molecule has 1 unspecified atom stereocenters. The molecule has 0 saturated carbocycles. The third-order valence-electron chi connectivity index (χ3n) is 4.46. The topological polar surface area (TPSA) is 64.8 Å². The Hall–Kier alpha value is -2.41. The number of halogens is 1. The SMILES string of the molecule is O=C(c1ccoc1)N1CC2(CC(Oc3ncccc3F)CCO2)C1. The second-order valence-corrected chi connectivity index (χ2v) is 6.23. The number of likely N-dealkylation sites (tertiary alicyclic amines) is 1. The zero-order chi connectivity index (χ0) is 16.6. The van der Waals surface area contributed by atoms with Crippen molar-refractivity contribution in [1.82, 2.24) is 9.88 Å². The number of rotatable bonds is 3. The van der Waals surface area contributed by atoms with Crippen LogP contribution in [0.3, 0.4) is 0 Å². The Morgan fingerprint density at radius 1 is 1.42 bits per heavy atom. The lowest BCUT2D eigenvalue weighted by molar-refractivity contribution is -0.174. The Balaban J connectivity index is 1.38. The zero-order valence-electron chi connectivity index (χ0n) is 13.0. The highest BCUT2D eigenvalue weighted by atomic mass is 19.1. The molecular weight excluding hydrogens is 315 g/mol. The Kier molecular flexibility index (Phi) is 3.72. The van der Waals surface area contributed by atoms with Crippen LogP contribution in [0.15, 0.2) is 41.3 Å². The minimum Gasteiger partial charge on any atom is -0.472 e. The van der Waals surface area contributed by atoms with Gasteiger partial charge in [0.25, 0.3) is 11.8 Å². The summed E-state index contributed by atoms with van der Waals surface area (Å²) in [7, 11) is 0. The van der Waals surface area contributed by atoms with Crippen molar-refractivity contribution in [3.63, 3.8) is 0 Å². The molecular formula is C17H17FN2O4. The second-order valence-electron chi connectivity index (χ2n) is 6.23. The minimum absolute atomic E-state index is 0.0187. The molecule has 0 N–H and O–H groups in total. The normalized spacial score (nSPS) is 22.2. The van der Waals surface area contributed by atoms with Crippen molar-refractivity contribution in [2.24, 2.45) is 0 Å². The Bertz CT molecular complexity index is 728. The van der Waals surface area contributed by atoms with E-state index in [9.17, 15) is 9.18 Å². The number of carbonyl (C=O) groups is 1. The molecule has 6 nitrogen and oxygen atoms in total. The van der Waals surface area contributed by atoms with Crippen molar-refractivity contribution in [3.05, 3.63) is 48.3 Å². The monoisotopic (exact) mass is 332 g/mol. The van der Waals surface area contributed by atoms with E-state index in [0.717, 1.165) is 0 Å². The van der Waals surface area contributed by atoms with Gasteiger partial charge in [0.15, 0.2) is 5.82 Å². The lowest BCUT2D eigenvalue weighted by Gasteiger charge is -2.52. The van der Waals surface area contributed by atoms with Crippen molar-refractivity contribution >= 4 is 5.91 Å². The predicted molar refractivity (Wildman–Crippen MR) is 81.1 cm³/mol. The average Bonchev–Trinajstić information content (AvgIpc) is 3.09. The van der Waals surface area contributed by atoms with Gasteiger partial charge in [-0.15, -0.1) is 0 Å². The van der Waals surface area contributed by atoms with E-state index >= 15 is 0 Å². The molecule has 1 amide bonds. The number of pyridine rings is 1. The van der Waals surface area contributed by atoms with Crippen molar-refractivity contribution in [2.75, 3.05) is 19.7 Å². The quantitative estimate of drug-likeness (QED) is 0.863. The Morgan fingerprint density at radius 3 is 3.04 bits per heavy atom. The van der Waals surface area contributed by atoms with Gasteiger partial charge in [0.1, 0.15) is 18.0 Å². The number of carbonyl (C=O) groups excluding carboxylic acids is 1. The number of ether oxygens (including phenoxy) is 2. The summed E-state index contributed by atoms with van der Waals surface area (Å²) in [5, 5.41) is 0. The van der Waals surface area contributed by atoms with Crippen molar-refractivity contribution in [1.29, 1.82) is 0 Å². The summed E-state index contributed by atoms with van der Waals surface area (Å²) in [6.45, 7) is 1.52. The van der Waals surface area contributed by atoms with E-state index in [-0.39, 0.29) is 17.9 Å². The molecule has 2 fully saturated rings. The number of nitrogens with zero attached hydrogens (tertiary/aromatic N) is 2. The molecule has 2 aromatic rings. The fourth-order valence-electron chi connectivity index (χ4n) is 3.28. The maximum atomic E-state index is 13.7. The van der Waals surface area contributed by atoms with Gasteiger partial charge in [-0.25, -0.2) is 9.37 Å². The molecule has 4 rings (SSSR count). The van der Waals surface area contributed by atoms with Crippen LogP contribution in [-0.4, -0.2) is 47.2 Å². The van der Waals surface area contributed by atoms with E-state index in [4.69, 9.17) is 13.9 Å². The first-order valence-corrected chi connectivity index (χ1v) is 7.88. The molecule has 2 aliphatic heterocycles. The van der Waals surface area contributed by atoms with Crippen molar-refractivity contribution < 1.29 is 23.1 Å². The van der Waals surface area contributed by atoms with Gasteiger partial charge >= 0.3 is 0 Å². The van der Waals surface area contributed by atoms with Crippen LogP contribution in [0, 0.1) is 5.82 Å². The number of furan rings is 1. The van der Waals surface area contributed by atoms with Crippen LogP contribution in [0.4, 0.5) is 4.39 Å².